The summed E-state index contributed by atoms with van der Waals surface area (Å²) in [5, 5.41) is 5.37. The van der Waals surface area contributed by atoms with Gasteiger partial charge in [0.2, 0.25) is 5.91 Å². The Labute approximate surface area is 184 Å². The van der Waals surface area contributed by atoms with Gasteiger partial charge in [-0.15, -0.1) is 11.3 Å². The second kappa shape index (κ2) is 8.00. The summed E-state index contributed by atoms with van der Waals surface area (Å²) in [7, 11) is 4.43. The number of amides is 1. The molecule has 0 bridgehead atoms. The number of nitrogens with zero attached hydrogens (tertiary/aromatic N) is 5. The van der Waals surface area contributed by atoms with Crippen molar-refractivity contribution in [1.82, 2.24) is 23.7 Å². The van der Waals surface area contributed by atoms with E-state index in [0.29, 0.717) is 21.6 Å². The molecule has 1 N–H and O–H groups in total. The van der Waals surface area contributed by atoms with Gasteiger partial charge in [0.05, 0.1) is 24.2 Å². The highest BCUT2D eigenvalue weighted by molar-refractivity contribution is 7.14. The third-order valence-electron chi connectivity index (χ3n) is 4.73. The Balaban J connectivity index is 1.55. The Morgan fingerprint density at radius 2 is 2.03 bits per heavy atom. The molecular formula is C19H17ClN6O4S. The minimum absolute atomic E-state index is 0.160. The maximum atomic E-state index is 12.5. The monoisotopic (exact) mass is 460 g/mol. The smallest absolute Gasteiger partial charge is 0.332 e. The molecule has 3 aromatic heterocycles. The number of carbonyl (C=O) groups is 1. The number of halogens is 1. The number of anilines is 1. The lowest BCUT2D eigenvalue weighted by molar-refractivity contribution is -0.116. The summed E-state index contributed by atoms with van der Waals surface area (Å²) in [6, 6.07) is 5.30. The number of nitrogens with one attached hydrogen (secondary N) is 1. The summed E-state index contributed by atoms with van der Waals surface area (Å²) in [5.41, 5.74) is 0.827. The fraction of sp³-hybridized carbons (Fsp3) is 0.211. The molecule has 0 aliphatic heterocycles. The van der Waals surface area contributed by atoms with E-state index in [9.17, 15) is 14.4 Å². The quantitative estimate of drug-likeness (QED) is 0.486. The molecule has 160 valence electrons. The Bertz CT molecular complexity index is 1430. The van der Waals surface area contributed by atoms with Crippen LogP contribution in [0.5, 0.6) is 5.75 Å². The summed E-state index contributed by atoms with van der Waals surface area (Å²) >= 11 is 7.43. The van der Waals surface area contributed by atoms with Crippen LogP contribution in [0.2, 0.25) is 5.02 Å². The van der Waals surface area contributed by atoms with Gasteiger partial charge in [-0.1, -0.05) is 11.6 Å². The van der Waals surface area contributed by atoms with Crippen LogP contribution in [-0.4, -0.2) is 36.7 Å². The molecule has 0 fully saturated rings. The van der Waals surface area contributed by atoms with E-state index in [0.717, 1.165) is 10.1 Å². The van der Waals surface area contributed by atoms with Crippen LogP contribution in [-0.2, 0) is 25.4 Å². The molecule has 0 aliphatic rings. The van der Waals surface area contributed by atoms with E-state index in [4.69, 9.17) is 16.3 Å². The second-order valence-electron chi connectivity index (χ2n) is 6.69. The predicted octanol–water partition coefficient (Wildman–Crippen LogP) is 1.86. The van der Waals surface area contributed by atoms with Crippen molar-refractivity contribution in [3.63, 3.8) is 0 Å². The van der Waals surface area contributed by atoms with Gasteiger partial charge in [0, 0.05) is 25.0 Å². The van der Waals surface area contributed by atoms with Crippen LogP contribution >= 0.6 is 22.9 Å². The van der Waals surface area contributed by atoms with E-state index in [-0.39, 0.29) is 23.6 Å². The van der Waals surface area contributed by atoms with Crippen molar-refractivity contribution in [3.8, 4) is 17.0 Å². The molecule has 0 aliphatic carbocycles. The highest BCUT2D eigenvalue weighted by atomic mass is 35.5. The van der Waals surface area contributed by atoms with E-state index in [2.05, 4.69) is 15.3 Å². The van der Waals surface area contributed by atoms with Gasteiger partial charge in [0.25, 0.3) is 5.56 Å². The van der Waals surface area contributed by atoms with Gasteiger partial charge >= 0.3 is 5.69 Å². The topological polar surface area (TPSA) is 113 Å². The number of carbonyl (C=O) groups excluding carboxylic acids is 1. The van der Waals surface area contributed by atoms with Gasteiger partial charge in [0.15, 0.2) is 16.3 Å². The third-order valence-corrected chi connectivity index (χ3v) is 5.78. The standard InChI is InChI=1S/C19H17ClN6O4S/c1-24-16-15(17(28)25(2)19(24)29)26(9-21-16)7-14(27)23-18-22-12(8-31-18)10-4-5-13(30-3)11(20)6-10/h4-6,8-9H,7H2,1-3H3,(H,22,23,27). The first-order chi connectivity index (χ1) is 14.8. The van der Waals surface area contributed by atoms with Crippen LogP contribution in [0.4, 0.5) is 5.13 Å². The van der Waals surface area contributed by atoms with Crippen molar-refractivity contribution in [2.24, 2.45) is 14.1 Å². The molecule has 0 spiro atoms. The Hall–Kier alpha value is -3.44. The van der Waals surface area contributed by atoms with E-state index >= 15 is 0 Å². The number of methoxy groups -OCH3 is 1. The molecule has 0 unspecified atom stereocenters. The summed E-state index contributed by atoms with van der Waals surface area (Å²) < 4.78 is 8.79. The van der Waals surface area contributed by atoms with Crippen molar-refractivity contribution in [1.29, 1.82) is 0 Å². The van der Waals surface area contributed by atoms with Crippen LogP contribution in [0.25, 0.3) is 22.4 Å². The Morgan fingerprint density at radius 3 is 2.74 bits per heavy atom. The lowest BCUT2D eigenvalue weighted by Crippen LogP contribution is -2.37. The lowest BCUT2D eigenvalue weighted by atomic mass is 10.2. The van der Waals surface area contributed by atoms with Crippen LogP contribution in [0.1, 0.15) is 0 Å². The number of ether oxygens (including phenoxy) is 1. The number of hydrogen-bond acceptors (Lipinski definition) is 7. The Morgan fingerprint density at radius 1 is 1.26 bits per heavy atom. The van der Waals surface area contributed by atoms with Gasteiger partial charge in [-0.25, -0.2) is 14.8 Å². The number of fused-ring (bicyclic) bond motifs is 1. The first kappa shape index (κ1) is 20.8. The maximum absolute atomic E-state index is 12.5. The number of aromatic nitrogens is 5. The lowest BCUT2D eigenvalue weighted by Gasteiger charge is -2.06. The molecule has 31 heavy (non-hydrogen) atoms. The summed E-state index contributed by atoms with van der Waals surface area (Å²) in [5.74, 6) is 0.175. The molecule has 10 nitrogen and oxygen atoms in total. The minimum atomic E-state index is -0.517. The van der Waals surface area contributed by atoms with Crippen LogP contribution < -0.4 is 21.3 Å². The van der Waals surface area contributed by atoms with Crippen LogP contribution in [0, 0.1) is 0 Å². The largest absolute Gasteiger partial charge is 0.495 e. The molecule has 3 heterocycles. The van der Waals surface area contributed by atoms with Gasteiger partial charge in [-0.3, -0.25) is 18.7 Å². The maximum Gasteiger partial charge on any atom is 0.332 e. The number of benzene rings is 1. The molecule has 0 saturated carbocycles. The number of hydrogen-bond donors (Lipinski definition) is 1. The van der Waals surface area contributed by atoms with E-state index < -0.39 is 11.2 Å². The van der Waals surface area contributed by atoms with E-state index in [1.165, 1.54) is 48.0 Å². The zero-order valence-electron chi connectivity index (χ0n) is 16.7. The molecule has 0 saturated heterocycles. The van der Waals surface area contributed by atoms with Crippen LogP contribution in [0.15, 0.2) is 39.5 Å². The molecule has 4 aromatic rings. The fourth-order valence-corrected chi connectivity index (χ4v) is 4.11. The van der Waals surface area contributed by atoms with Gasteiger partial charge in [-0.2, -0.15) is 0 Å². The van der Waals surface area contributed by atoms with Gasteiger partial charge in [0.1, 0.15) is 12.3 Å². The fourth-order valence-electron chi connectivity index (χ4n) is 3.12. The SMILES string of the molecule is COc1ccc(-c2csc(NC(=O)Cn3cnc4c3c(=O)n(C)c(=O)n4C)n2)cc1Cl. The first-order valence-electron chi connectivity index (χ1n) is 9.00. The van der Waals surface area contributed by atoms with E-state index in [1.54, 1.807) is 17.5 Å². The normalized spacial score (nSPS) is 11.1. The van der Waals surface area contributed by atoms with E-state index in [1.807, 2.05) is 6.07 Å². The van der Waals surface area contributed by atoms with Crippen molar-refractivity contribution < 1.29 is 9.53 Å². The molecule has 1 aromatic carbocycles. The predicted molar refractivity (Wildman–Crippen MR) is 118 cm³/mol. The highest BCUT2D eigenvalue weighted by Crippen LogP contribution is 2.31. The second-order valence-corrected chi connectivity index (χ2v) is 7.95. The average Bonchev–Trinajstić information content (AvgIpc) is 3.38. The molecular weight excluding hydrogens is 444 g/mol. The number of imidazole rings is 1. The summed E-state index contributed by atoms with van der Waals surface area (Å²) in [6.45, 7) is -0.160. The molecule has 1 amide bonds. The zero-order valence-corrected chi connectivity index (χ0v) is 18.3. The minimum Gasteiger partial charge on any atom is -0.495 e. The molecule has 12 heteroatoms. The molecule has 4 rings (SSSR count). The third kappa shape index (κ3) is 3.73. The van der Waals surface area contributed by atoms with Crippen molar-refractivity contribution in [2.75, 3.05) is 12.4 Å². The number of rotatable bonds is 5. The summed E-state index contributed by atoms with van der Waals surface area (Å²) in [4.78, 5) is 45.6. The van der Waals surface area contributed by atoms with Gasteiger partial charge in [-0.05, 0) is 18.2 Å². The van der Waals surface area contributed by atoms with Gasteiger partial charge < -0.3 is 14.6 Å². The van der Waals surface area contributed by atoms with Crippen molar-refractivity contribution in [2.45, 2.75) is 6.54 Å². The Kier molecular flexibility index (Phi) is 5.38. The molecule has 0 atom stereocenters. The highest BCUT2D eigenvalue weighted by Gasteiger charge is 2.17. The zero-order chi connectivity index (χ0) is 22.3. The number of aryl methyl sites for hydroxylation is 1. The van der Waals surface area contributed by atoms with Crippen molar-refractivity contribution in [3.05, 3.63) is 55.8 Å². The average molecular weight is 461 g/mol. The first-order valence-corrected chi connectivity index (χ1v) is 10.3. The summed E-state index contributed by atoms with van der Waals surface area (Å²) in [6.07, 6.45) is 1.36. The van der Waals surface area contributed by atoms with Crippen LogP contribution in [0.3, 0.4) is 0 Å². The number of thiazole rings is 1. The molecule has 0 radical (unpaired) electrons. The van der Waals surface area contributed by atoms with Crippen molar-refractivity contribution >= 4 is 45.1 Å².